The Hall–Kier alpha value is 1.37. The molecule has 20 heteroatoms. The Morgan fingerprint density at radius 1 is 0.846 bits per heavy atom. The summed E-state index contributed by atoms with van der Waals surface area (Å²) in [4.78, 5) is 3.28. The third-order valence-electron chi connectivity index (χ3n) is 2.79. The van der Waals surface area contributed by atoms with Gasteiger partial charge in [-0.15, -0.1) is 0 Å². The van der Waals surface area contributed by atoms with Crippen LogP contribution >= 0.6 is 64.8 Å². The lowest BCUT2D eigenvalue weighted by atomic mass is 9.99. The molecule has 0 amide bonds. The lowest BCUT2D eigenvalue weighted by Crippen LogP contribution is -2.64. The van der Waals surface area contributed by atoms with Gasteiger partial charge in [-0.1, -0.05) is 42.8 Å². The van der Waals surface area contributed by atoms with Gasteiger partial charge in [-0.25, -0.2) is 0 Å². The third kappa shape index (κ3) is 4.13. The van der Waals surface area contributed by atoms with Crippen molar-refractivity contribution < 1.29 is 44.2 Å². The number of hydrogen-bond acceptors (Lipinski definition) is 4. The van der Waals surface area contributed by atoms with E-state index in [1.165, 1.54) is 0 Å². The van der Waals surface area contributed by atoms with Crippen LogP contribution in [0, 0.1) is 0 Å². The van der Waals surface area contributed by atoms with Gasteiger partial charge in [0.05, 0.1) is 0 Å². The van der Waals surface area contributed by atoms with Gasteiger partial charge in [0, 0.05) is 0 Å². The van der Waals surface area contributed by atoms with Crippen LogP contribution in [0.25, 0.3) is 4.86 Å². The van der Waals surface area contributed by atoms with Gasteiger partial charge in [0.1, 0.15) is 19.3 Å². The summed E-state index contributed by atoms with van der Waals surface area (Å²) in [6.07, 6.45) is 0. The van der Waals surface area contributed by atoms with E-state index in [4.69, 9.17) is 45.0 Å². The molecule has 0 aromatic rings. The van der Waals surface area contributed by atoms with Crippen molar-refractivity contribution in [3.8, 4) is 0 Å². The van der Waals surface area contributed by atoms with Crippen molar-refractivity contribution >= 4 is 64.8 Å². The number of halogens is 12. The average Bonchev–Trinajstić information content (AvgIpc) is 2.40. The van der Waals surface area contributed by atoms with Crippen molar-refractivity contribution in [3.63, 3.8) is 0 Å². The van der Waals surface area contributed by atoms with Gasteiger partial charge in [0.15, 0.2) is 17.8 Å². The van der Waals surface area contributed by atoms with Crippen LogP contribution in [-0.4, -0.2) is 36.9 Å². The maximum Gasteiger partial charge on any atom is 0.485 e. The molecular formula is C6H4Cl4F8N3O2P3. The van der Waals surface area contributed by atoms with Crippen LogP contribution in [0.4, 0.5) is 35.1 Å². The fraction of sp³-hybridized carbons (Fsp3) is 1.00. The smallest absolute Gasteiger partial charge is 0.485 e. The molecule has 0 saturated heterocycles. The van der Waals surface area contributed by atoms with Crippen molar-refractivity contribution in [1.82, 2.24) is 0 Å². The standard InChI is InChI=1S/C6H4Cl4F8N3O2P3/c7-24(8)19-25(9)21-26(10,20-24)23-2-4(13,14)6(17,18)5(15,16)3(11,12)1-22-25/h1-2H2/t25-,26?/m1/s1. The molecule has 26 heavy (non-hydrogen) atoms. The van der Waals surface area contributed by atoms with Crippen LogP contribution < -0.4 is 0 Å². The van der Waals surface area contributed by atoms with E-state index in [-0.39, 0.29) is 0 Å². The van der Waals surface area contributed by atoms with Gasteiger partial charge in [0.25, 0.3) is 0 Å². The average molecular weight is 537 g/mol. The first kappa shape index (κ1) is 23.6. The topological polar surface area (TPSA) is 57.3 Å². The van der Waals surface area contributed by atoms with E-state index in [9.17, 15) is 35.1 Å². The van der Waals surface area contributed by atoms with E-state index in [1.54, 1.807) is 0 Å². The number of nitrogens with zero attached hydrogens (tertiary/aromatic N) is 3. The lowest BCUT2D eigenvalue weighted by Gasteiger charge is -2.38. The minimum Gasteiger partial charge on any atom is -0.512 e. The molecule has 2 rings (SSSR count). The highest BCUT2D eigenvalue weighted by atomic mass is 35.9. The second-order valence-corrected chi connectivity index (χ2v) is 16.2. The van der Waals surface area contributed by atoms with Crippen molar-refractivity contribution in [3.05, 3.63) is 4.86 Å². The van der Waals surface area contributed by atoms with Crippen molar-refractivity contribution in [2.24, 2.45) is 9.03 Å². The maximum atomic E-state index is 13.6. The molecule has 0 aromatic heterocycles. The number of hydrogen-bond donors (Lipinski definition) is 0. The molecule has 2 bridgehead atoms. The quantitative estimate of drug-likeness (QED) is 0.230. The van der Waals surface area contributed by atoms with E-state index in [2.05, 4.69) is 22.9 Å². The molecule has 0 radical (unpaired) electrons. The molecule has 0 aromatic carbocycles. The summed E-state index contributed by atoms with van der Waals surface area (Å²) in [5, 5.41) is 0. The van der Waals surface area contributed by atoms with Gasteiger partial charge in [-0.3, -0.25) is 0 Å². The molecule has 0 fully saturated rings. The second-order valence-electron chi connectivity index (χ2n) is 4.77. The Labute approximate surface area is 159 Å². The predicted molar refractivity (Wildman–Crippen MR) is 84.1 cm³/mol. The van der Waals surface area contributed by atoms with Crippen molar-refractivity contribution in [1.29, 1.82) is 0 Å². The monoisotopic (exact) mass is 535 g/mol. The Kier molecular flexibility index (Phi) is 6.08. The Bertz CT molecular complexity index is 719. The van der Waals surface area contributed by atoms with E-state index >= 15 is 0 Å². The number of rotatable bonds is 0. The molecule has 0 N–H and O–H groups in total. The van der Waals surface area contributed by atoms with E-state index in [0.717, 1.165) is 0 Å². The Morgan fingerprint density at radius 3 is 1.81 bits per heavy atom. The Morgan fingerprint density at radius 2 is 1.31 bits per heavy atom. The van der Waals surface area contributed by atoms with Crippen molar-refractivity contribution in [2.45, 2.75) is 23.7 Å². The third-order valence-corrected chi connectivity index (χ3v) is 14.4. The normalized spacial score (nSPS) is 40.5. The fourth-order valence-electron chi connectivity index (χ4n) is 1.53. The molecular weight excluding hydrogens is 533 g/mol. The zero-order valence-corrected chi connectivity index (χ0v) is 17.2. The molecule has 0 saturated carbocycles. The first-order chi connectivity index (χ1) is 11.3. The van der Waals surface area contributed by atoms with Gasteiger partial charge >= 0.3 is 30.8 Å². The number of alkyl halides is 8. The zero-order valence-electron chi connectivity index (χ0n) is 11.4. The zero-order chi connectivity index (χ0) is 20.4. The van der Waals surface area contributed by atoms with E-state index in [0.29, 0.717) is 0 Å². The first-order valence-electron chi connectivity index (χ1n) is 5.79. The summed E-state index contributed by atoms with van der Waals surface area (Å²) in [7, 11) is -4.45. The first-order valence-corrected chi connectivity index (χ1v) is 14.3. The molecule has 2 heterocycles. The minimum atomic E-state index is -6.56. The van der Waals surface area contributed by atoms with Crippen LogP contribution in [0.1, 0.15) is 0 Å². The molecule has 2 aliphatic rings. The summed E-state index contributed by atoms with van der Waals surface area (Å²) in [6.45, 7) is -9.56. The highest BCUT2D eigenvalue weighted by Crippen LogP contribution is 2.94. The highest BCUT2D eigenvalue weighted by Gasteiger charge is 2.81. The highest BCUT2D eigenvalue weighted by molar-refractivity contribution is 8.24. The summed E-state index contributed by atoms with van der Waals surface area (Å²) >= 11 is 22.5. The van der Waals surface area contributed by atoms with Crippen LogP contribution in [0.15, 0.2) is 9.03 Å². The second kappa shape index (κ2) is 6.69. The summed E-state index contributed by atoms with van der Waals surface area (Å²) < 4.78 is 124. The van der Waals surface area contributed by atoms with Gasteiger partial charge in [0.2, 0.25) is 0 Å². The molecule has 5 nitrogen and oxygen atoms in total. The van der Waals surface area contributed by atoms with E-state index < -0.39 is 56.7 Å². The van der Waals surface area contributed by atoms with E-state index in [1.807, 2.05) is 0 Å². The summed E-state index contributed by atoms with van der Waals surface area (Å²) in [5.41, 5.74) is 0. The minimum absolute atomic E-state index is 2.55. The molecule has 1 unspecified atom stereocenters. The molecule has 154 valence electrons. The van der Waals surface area contributed by atoms with Gasteiger partial charge < -0.3 is 9.38 Å². The molecule has 2 aliphatic heterocycles. The Balaban J connectivity index is 2.64. The van der Waals surface area contributed by atoms with Crippen LogP contribution in [0.3, 0.4) is 0 Å². The van der Waals surface area contributed by atoms with Crippen LogP contribution in [0.2, 0.25) is 0 Å². The molecule has 0 aliphatic carbocycles. The van der Waals surface area contributed by atoms with Crippen molar-refractivity contribution in [2.75, 3.05) is 13.2 Å². The van der Waals surface area contributed by atoms with Crippen LogP contribution in [-0.2, 0) is 9.05 Å². The summed E-state index contributed by atoms with van der Waals surface area (Å²) in [5.74, 6) is -28.7. The molecule has 0 spiro atoms. The predicted octanol–water partition coefficient (Wildman–Crippen LogP) is 8.49. The van der Waals surface area contributed by atoms with Crippen LogP contribution in [0.5, 0.6) is 0 Å². The number of fused-ring (bicyclic) bond motifs is 1. The van der Waals surface area contributed by atoms with Gasteiger partial charge in [-0.2, -0.15) is 39.6 Å². The lowest BCUT2D eigenvalue weighted by molar-refractivity contribution is -0.371. The maximum absolute atomic E-state index is 13.6. The van der Waals surface area contributed by atoms with Gasteiger partial charge in [-0.05, 0) is 0 Å². The SMILES string of the molecule is FC1(F)CO[P@@]2(Cl)=N[P+](Cl)(N=P(Cl)(Cl)[N-]2)OCC(F)(F)C(F)(F)C1(F)F. The summed E-state index contributed by atoms with van der Waals surface area (Å²) in [6, 6.07) is 0. The molecule has 2 atom stereocenters. The largest absolute Gasteiger partial charge is 0.512 e. The fourth-order valence-corrected chi connectivity index (χ4v) is 16.2.